The van der Waals surface area contributed by atoms with Gasteiger partial charge < -0.3 is 14.8 Å². The predicted octanol–water partition coefficient (Wildman–Crippen LogP) is 5.34. The molecule has 0 saturated carbocycles. The fraction of sp³-hybridized carbons (Fsp3) is 0.200. The molecule has 0 aliphatic carbocycles. The smallest absolute Gasteiger partial charge is 0.266 e. The van der Waals surface area contributed by atoms with Crippen LogP contribution < -0.4 is 14.8 Å². The Labute approximate surface area is 168 Å². The number of anilines is 1. The molecule has 0 atom stereocenters. The summed E-state index contributed by atoms with van der Waals surface area (Å²) in [5.74, 6) is 0.346. The van der Waals surface area contributed by atoms with Gasteiger partial charge in [0.15, 0.2) is 11.5 Å². The van der Waals surface area contributed by atoms with Crippen molar-refractivity contribution in [2.75, 3.05) is 18.5 Å². The minimum absolute atomic E-state index is 0.0763. The quantitative estimate of drug-likeness (QED) is 0.499. The van der Waals surface area contributed by atoms with E-state index < -0.39 is 5.91 Å². The highest BCUT2D eigenvalue weighted by Crippen LogP contribution is 2.37. The molecule has 27 heavy (non-hydrogen) atoms. The first-order valence-corrected chi connectivity index (χ1v) is 9.01. The molecular weight excluding hydrogens is 387 g/mol. The van der Waals surface area contributed by atoms with Crippen LogP contribution in [0.25, 0.3) is 6.08 Å². The zero-order valence-corrected chi connectivity index (χ0v) is 16.4. The highest BCUT2D eigenvalue weighted by Gasteiger charge is 2.14. The van der Waals surface area contributed by atoms with Crippen LogP contribution in [0.3, 0.4) is 0 Å². The minimum atomic E-state index is -0.539. The number of amides is 1. The molecule has 0 bridgehead atoms. The maximum atomic E-state index is 12.4. The van der Waals surface area contributed by atoms with Gasteiger partial charge in [-0.25, -0.2) is 0 Å². The first kappa shape index (κ1) is 20.6. The van der Waals surface area contributed by atoms with E-state index in [0.29, 0.717) is 46.0 Å². The zero-order chi connectivity index (χ0) is 19.8. The van der Waals surface area contributed by atoms with Crippen LogP contribution in [0.2, 0.25) is 10.0 Å². The lowest BCUT2D eigenvalue weighted by molar-refractivity contribution is -0.112. The van der Waals surface area contributed by atoms with Crippen LogP contribution in [0.15, 0.2) is 42.0 Å². The average Bonchev–Trinajstić information content (AvgIpc) is 2.64. The van der Waals surface area contributed by atoms with E-state index in [-0.39, 0.29) is 5.57 Å². The number of nitrogens with zero attached hydrogens (tertiary/aromatic N) is 1. The summed E-state index contributed by atoms with van der Waals surface area (Å²) in [6, 6.07) is 11.8. The molecule has 0 unspecified atom stereocenters. The van der Waals surface area contributed by atoms with E-state index in [1.807, 2.05) is 19.9 Å². The second kappa shape index (κ2) is 9.86. The molecule has 0 spiro atoms. The fourth-order valence-corrected chi connectivity index (χ4v) is 2.67. The van der Waals surface area contributed by atoms with Crippen LogP contribution in [-0.2, 0) is 4.79 Å². The second-order valence-corrected chi connectivity index (χ2v) is 6.17. The normalized spacial score (nSPS) is 10.9. The van der Waals surface area contributed by atoms with Gasteiger partial charge in [-0.2, -0.15) is 5.26 Å². The Morgan fingerprint density at radius 1 is 1.15 bits per heavy atom. The van der Waals surface area contributed by atoms with Crippen LogP contribution >= 0.6 is 23.2 Å². The summed E-state index contributed by atoms with van der Waals surface area (Å²) in [7, 11) is 0. The number of rotatable bonds is 7. The van der Waals surface area contributed by atoms with Crippen LogP contribution in [0.4, 0.5) is 5.69 Å². The van der Waals surface area contributed by atoms with Crippen molar-refractivity contribution in [1.82, 2.24) is 0 Å². The van der Waals surface area contributed by atoms with Gasteiger partial charge in [0.2, 0.25) is 0 Å². The highest BCUT2D eigenvalue weighted by atomic mass is 35.5. The average molecular weight is 405 g/mol. The van der Waals surface area contributed by atoms with Crippen molar-refractivity contribution in [2.24, 2.45) is 0 Å². The number of ether oxygens (including phenoxy) is 2. The third-order valence-electron chi connectivity index (χ3n) is 3.40. The number of carbonyl (C=O) groups excluding carboxylic acids is 1. The first-order valence-electron chi connectivity index (χ1n) is 8.26. The maximum absolute atomic E-state index is 12.4. The number of hydrogen-bond acceptors (Lipinski definition) is 4. The Morgan fingerprint density at radius 2 is 1.81 bits per heavy atom. The largest absolute Gasteiger partial charge is 0.490 e. The van der Waals surface area contributed by atoms with Crippen molar-refractivity contribution in [3.8, 4) is 17.6 Å². The molecule has 2 aromatic rings. The van der Waals surface area contributed by atoms with Crippen molar-refractivity contribution < 1.29 is 14.3 Å². The Balaban J connectivity index is 2.31. The fourth-order valence-electron chi connectivity index (χ4n) is 2.27. The maximum Gasteiger partial charge on any atom is 0.266 e. The molecule has 0 aliphatic heterocycles. The van der Waals surface area contributed by atoms with Gasteiger partial charge in [-0.1, -0.05) is 23.2 Å². The monoisotopic (exact) mass is 404 g/mol. The molecule has 140 valence electrons. The topological polar surface area (TPSA) is 71.3 Å². The van der Waals surface area contributed by atoms with Crippen molar-refractivity contribution in [2.45, 2.75) is 13.8 Å². The van der Waals surface area contributed by atoms with Crippen LogP contribution in [0.5, 0.6) is 11.5 Å². The zero-order valence-electron chi connectivity index (χ0n) is 14.9. The van der Waals surface area contributed by atoms with E-state index in [4.69, 9.17) is 32.7 Å². The molecule has 2 rings (SSSR count). The van der Waals surface area contributed by atoms with Crippen molar-refractivity contribution >= 4 is 40.9 Å². The van der Waals surface area contributed by atoms with Crippen LogP contribution in [-0.4, -0.2) is 19.1 Å². The summed E-state index contributed by atoms with van der Waals surface area (Å²) in [5.41, 5.74) is 1.01. The second-order valence-electron chi connectivity index (χ2n) is 5.33. The summed E-state index contributed by atoms with van der Waals surface area (Å²) in [4.78, 5) is 12.4. The molecule has 0 radical (unpaired) electrons. The lowest BCUT2D eigenvalue weighted by Gasteiger charge is -2.13. The number of benzene rings is 2. The van der Waals surface area contributed by atoms with Gasteiger partial charge in [-0.15, -0.1) is 0 Å². The van der Waals surface area contributed by atoms with Gasteiger partial charge >= 0.3 is 0 Å². The number of halogens is 2. The molecule has 0 fully saturated rings. The molecule has 0 aliphatic rings. The molecule has 1 amide bonds. The SMILES string of the molecule is CCOc1cc(/C=C(\C#N)C(=O)Nc2ccc(Cl)cc2)cc(Cl)c1OCC. The standard InChI is InChI=1S/C20H18Cl2N2O3/c1-3-26-18-11-13(10-17(22)19(18)27-4-2)9-14(12-23)20(25)24-16-7-5-15(21)6-8-16/h5-11H,3-4H2,1-2H3,(H,24,25)/b14-9+. The molecule has 0 aromatic heterocycles. The summed E-state index contributed by atoms with van der Waals surface area (Å²) in [6.45, 7) is 4.54. The Kier molecular flexibility index (Phi) is 7.54. The van der Waals surface area contributed by atoms with E-state index in [0.717, 1.165) is 0 Å². The third-order valence-corrected chi connectivity index (χ3v) is 3.93. The van der Waals surface area contributed by atoms with Crippen molar-refractivity contribution in [3.63, 3.8) is 0 Å². The van der Waals surface area contributed by atoms with Crippen LogP contribution in [0.1, 0.15) is 19.4 Å². The summed E-state index contributed by atoms with van der Waals surface area (Å²) in [6.07, 6.45) is 1.44. The van der Waals surface area contributed by atoms with Crippen molar-refractivity contribution in [1.29, 1.82) is 5.26 Å². The number of carbonyl (C=O) groups is 1. The minimum Gasteiger partial charge on any atom is -0.490 e. The molecule has 5 nitrogen and oxygen atoms in total. The summed E-state index contributed by atoms with van der Waals surface area (Å²) in [5, 5.41) is 12.9. The molecule has 1 N–H and O–H groups in total. The number of nitriles is 1. The molecule has 2 aromatic carbocycles. The molecule has 0 heterocycles. The van der Waals surface area contributed by atoms with E-state index in [2.05, 4.69) is 5.32 Å². The predicted molar refractivity (Wildman–Crippen MR) is 107 cm³/mol. The Hall–Kier alpha value is -2.68. The van der Waals surface area contributed by atoms with Crippen LogP contribution in [0, 0.1) is 11.3 Å². The molecule has 7 heteroatoms. The van der Waals surface area contributed by atoms with Gasteiger partial charge in [0.05, 0.1) is 18.2 Å². The highest BCUT2D eigenvalue weighted by molar-refractivity contribution is 6.32. The van der Waals surface area contributed by atoms with E-state index in [1.54, 1.807) is 36.4 Å². The van der Waals surface area contributed by atoms with Gasteiger partial charge in [-0.05, 0) is 61.9 Å². The third kappa shape index (κ3) is 5.65. The lowest BCUT2D eigenvalue weighted by Crippen LogP contribution is -2.13. The van der Waals surface area contributed by atoms with Gasteiger partial charge in [0, 0.05) is 10.7 Å². The Morgan fingerprint density at radius 3 is 2.41 bits per heavy atom. The van der Waals surface area contributed by atoms with Gasteiger partial charge in [0.1, 0.15) is 11.6 Å². The van der Waals surface area contributed by atoms with Crippen molar-refractivity contribution in [3.05, 3.63) is 57.6 Å². The van der Waals surface area contributed by atoms with E-state index in [1.165, 1.54) is 6.08 Å². The summed E-state index contributed by atoms with van der Waals surface area (Å²) >= 11 is 12.1. The number of nitrogens with one attached hydrogen (secondary N) is 1. The summed E-state index contributed by atoms with van der Waals surface area (Å²) < 4.78 is 11.1. The molecular formula is C20H18Cl2N2O3. The molecule has 0 saturated heterocycles. The number of hydrogen-bond donors (Lipinski definition) is 1. The lowest BCUT2D eigenvalue weighted by atomic mass is 10.1. The van der Waals surface area contributed by atoms with Gasteiger partial charge in [-0.3, -0.25) is 4.79 Å². The Bertz CT molecular complexity index is 887. The van der Waals surface area contributed by atoms with Gasteiger partial charge in [0.25, 0.3) is 5.91 Å². The van der Waals surface area contributed by atoms with E-state index >= 15 is 0 Å². The van der Waals surface area contributed by atoms with E-state index in [9.17, 15) is 10.1 Å². The first-order chi connectivity index (χ1) is 13.0.